The fourth-order valence-corrected chi connectivity index (χ4v) is 4.56. The zero-order valence-corrected chi connectivity index (χ0v) is 12.3. The molecule has 1 aromatic rings. The number of hydrogen-bond donors (Lipinski definition) is 1. The summed E-state index contributed by atoms with van der Waals surface area (Å²) in [5, 5.41) is 0. The maximum Gasteiger partial charge on any atom is 0.0701 e. The molecule has 1 aromatic heterocycles. The highest BCUT2D eigenvalue weighted by atomic mass is 79.9. The molecule has 1 unspecified atom stereocenters. The van der Waals surface area contributed by atoms with Crippen molar-refractivity contribution in [1.82, 2.24) is 4.90 Å². The molecule has 1 aliphatic carbocycles. The lowest BCUT2D eigenvalue weighted by atomic mass is 9.63. The van der Waals surface area contributed by atoms with E-state index in [1.807, 2.05) is 11.3 Å². The highest BCUT2D eigenvalue weighted by molar-refractivity contribution is 9.11. The minimum absolute atomic E-state index is 0.313. The van der Waals surface area contributed by atoms with Gasteiger partial charge >= 0.3 is 0 Å². The van der Waals surface area contributed by atoms with Gasteiger partial charge in [0.25, 0.3) is 0 Å². The fourth-order valence-electron chi connectivity index (χ4n) is 2.80. The van der Waals surface area contributed by atoms with E-state index in [9.17, 15) is 0 Å². The van der Waals surface area contributed by atoms with Crippen LogP contribution in [0.2, 0.25) is 0 Å². The Kier molecular flexibility index (Phi) is 3.74. The molecule has 2 nitrogen and oxygen atoms in total. The van der Waals surface area contributed by atoms with Crippen LogP contribution in [-0.4, -0.2) is 25.5 Å². The Morgan fingerprint density at radius 3 is 2.50 bits per heavy atom. The number of hydrogen-bond acceptors (Lipinski definition) is 3. The fraction of sp³-hybridized carbons (Fsp3) is 0.667. The third-order valence-corrected chi connectivity index (χ3v) is 5.39. The first-order chi connectivity index (χ1) is 7.59. The summed E-state index contributed by atoms with van der Waals surface area (Å²) in [5.41, 5.74) is 6.33. The van der Waals surface area contributed by atoms with Crippen molar-refractivity contribution in [2.45, 2.75) is 25.3 Å². The van der Waals surface area contributed by atoms with Gasteiger partial charge in [0.05, 0.1) is 9.83 Å². The van der Waals surface area contributed by atoms with Crippen LogP contribution in [0.25, 0.3) is 0 Å². The van der Waals surface area contributed by atoms with E-state index in [2.05, 4.69) is 47.1 Å². The molecule has 1 aliphatic rings. The molecule has 4 heteroatoms. The average molecular weight is 303 g/mol. The molecular formula is C12H19BrN2S. The lowest BCUT2D eigenvalue weighted by Gasteiger charge is -2.49. The van der Waals surface area contributed by atoms with Gasteiger partial charge in [-0.05, 0) is 61.5 Å². The van der Waals surface area contributed by atoms with Crippen LogP contribution < -0.4 is 5.73 Å². The summed E-state index contributed by atoms with van der Waals surface area (Å²) in [5.74, 6) is 0. The van der Waals surface area contributed by atoms with Crippen molar-refractivity contribution in [2.24, 2.45) is 11.1 Å². The molecule has 90 valence electrons. The summed E-state index contributed by atoms with van der Waals surface area (Å²) in [6.07, 6.45) is 3.86. The van der Waals surface area contributed by atoms with Crippen LogP contribution in [0.3, 0.4) is 0 Å². The molecule has 0 radical (unpaired) electrons. The molecule has 0 aliphatic heterocycles. The van der Waals surface area contributed by atoms with Gasteiger partial charge in [-0.25, -0.2) is 0 Å². The number of nitrogens with two attached hydrogens (primary N) is 1. The third kappa shape index (κ3) is 2.08. The molecule has 0 aromatic carbocycles. The van der Waals surface area contributed by atoms with Gasteiger partial charge in [0.15, 0.2) is 0 Å². The topological polar surface area (TPSA) is 29.3 Å². The Hall–Kier alpha value is 0.1000. The summed E-state index contributed by atoms with van der Waals surface area (Å²) in [6.45, 7) is 0.797. The second-order valence-corrected chi connectivity index (χ2v) is 7.42. The molecule has 2 rings (SSSR count). The van der Waals surface area contributed by atoms with Crippen molar-refractivity contribution >= 4 is 27.3 Å². The number of nitrogens with zero attached hydrogens (tertiary/aromatic N) is 1. The first-order valence-electron chi connectivity index (χ1n) is 5.71. The van der Waals surface area contributed by atoms with Crippen LogP contribution in [-0.2, 0) is 0 Å². The summed E-state index contributed by atoms with van der Waals surface area (Å²) >= 11 is 5.38. The van der Waals surface area contributed by atoms with E-state index < -0.39 is 0 Å². The number of rotatable bonds is 4. The van der Waals surface area contributed by atoms with Crippen molar-refractivity contribution in [3.63, 3.8) is 0 Å². The van der Waals surface area contributed by atoms with Gasteiger partial charge in [0.1, 0.15) is 0 Å². The van der Waals surface area contributed by atoms with E-state index in [-0.39, 0.29) is 0 Å². The highest BCUT2D eigenvalue weighted by Crippen LogP contribution is 2.52. The summed E-state index contributed by atoms with van der Waals surface area (Å²) in [4.78, 5) is 3.76. The van der Waals surface area contributed by atoms with Gasteiger partial charge in [-0.2, -0.15) is 0 Å². The van der Waals surface area contributed by atoms with Crippen LogP contribution in [0.1, 0.15) is 30.2 Å². The Balaban J connectivity index is 2.30. The molecule has 1 saturated carbocycles. The molecule has 1 atom stereocenters. The van der Waals surface area contributed by atoms with Crippen molar-refractivity contribution in [3.8, 4) is 0 Å². The molecule has 1 fully saturated rings. The summed E-state index contributed by atoms with van der Waals surface area (Å²) in [6, 6.07) is 4.84. The van der Waals surface area contributed by atoms with Crippen molar-refractivity contribution in [2.75, 3.05) is 20.6 Å². The average Bonchev–Trinajstić information content (AvgIpc) is 2.57. The summed E-state index contributed by atoms with van der Waals surface area (Å²) < 4.78 is 1.21. The van der Waals surface area contributed by atoms with Crippen LogP contribution in [0, 0.1) is 5.41 Å². The molecule has 0 spiro atoms. The van der Waals surface area contributed by atoms with Gasteiger partial charge in [0.2, 0.25) is 0 Å². The number of thiophene rings is 1. The molecule has 2 N–H and O–H groups in total. The van der Waals surface area contributed by atoms with E-state index in [0.717, 1.165) is 6.54 Å². The molecule has 0 saturated heterocycles. The molecular weight excluding hydrogens is 284 g/mol. The minimum Gasteiger partial charge on any atom is -0.330 e. The maximum absolute atomic E-state index is 6.02. The van der Waals surface area contributed by atoms with Gasteiger partial charge in [0, 0.05) is 10.3 Å². The van der Waals surface area contributed by atoms with Gasteiger partial charge in [-0.3, -0.25) is 0 Å². The Morgan fingerprint density at radius 1 is 1.50 bits per heavy atom. The largest absolute Gasteiger partial charge is 0.330 e. The molecule has 1 heterocycles. The van der Waals surface area contributed by atoms with Gasteiger partial charge in [-0.1, -0.05) is 6.42 Å². The number of halogens is 1. The standard InChI is InChI=1S/C12H19BrN2S/c1-15(2)11(9-4-5-10(13)16-9)12(8-14)6-3-7-12/h4-5,11H,3,6-8,14H2,1-2H3. The van der Waals surface area contributed by atoms with E-state index in [1.165, 1.54) is 27.9 Å². The minimum atomic E-state index is 0.313. The van der Waals surface area contributed by atoms with Crippen LogP contribution >= 0.6 is 27.3 Å². The smallest absolute Gasteiger partial charge is 0.0701 e. The first kappa shape index (κ1) is 12.6. The predicted octanol–water partition coefficient (Wildman–Crippen LogP) is 3.24. The van der Waals surface area contributed by atoms with Crippen LogP contribution in [0.4, 0.5) is 0 Å². The Morgan fingerprint density at radius 2 is 2.19 bits per heavy atom. The van der Waals surface area contributed by atoms with E-state index in [1.54, 1.807) is 0 Å². The lowest BCUT2D eigenvalue weighted by Crippen LogP contribution is -2.47. The van der Waals surface area contributed by atoms with Crippen LogP contribution in [0.15, 0.2) is 15.9 Å². The molecule has 0 amide bonds. The summed E-state index contributed by atoms with van der Waals surface area (Å²) in [7, 11) is 4.32. The Bertz CT molecular complexity index is 352. The monoisotopic (exact) mass is 302 g/mol. The van der Waals surface area contributed by atoms with Gasteiger partial charge in [-0.15, -0.1) is 11.3 Å². The highest BCUT2D eigenvalue weighted by Gasteiger charge is 2.45. The van der Waals surface area contributed by atoms with E-state index >= 15 is 0 Å². The molecule has 0 bridgehead atoms. The second-order valence-electron chi connectivity index (χ2n) is 4.93. The zero-order valence-electron chi connectivity index (χ0n) is 9.87. The maximum atomic E-state index is 6.02. The quantitative estimate of drug-likeness (QED) is 0.925. The van der Waals surface area contributed by atoms with Crippen molar-refractivity contribution < 1.29 is 0 Å². The predicted molar refractivity (Wildman–Crippen MR) is 73.8 cm³/mol. The SMILES string of the molecule is CN(C)C(c1ccc(Br)s1)C1(CN)CCC1. The van der Waals surface area contributed by atoms with Crippen LogP contribution in [0.5, 0.6) is 0 Å². The van der Waals surface area contributed by atoms with Gasteiger partial charge < -0.3 is 10.6 Å². The Labute approximate surface area is 110 Å². The van der Waals surface area contributed by atoms with E-state index in [4.69, 9.17) is 5.73 Å². The van der Waals surface area contributed by atoms with E-state index in [0.29, 0.717) is 11.5 Å². The van der Waals surface area contributed by atoms with Crippen molar-refractivity contribution in [3.05, 3.63) is 20.8 Å². The lowest BCUT2D eigenvalue weighted by molar-refractivity contribution is 0.0302. The first-order valence-corrected chi connectivity index (χ1v) is 7.32. The zero-order chi connectivity index (χ0) is 11.8. The third-order valence-electron chi connectivity index (χ3n) is 3.72. The molecule has 16 heavy (non-hydrogen) atoms. The normalized spacial score (nSPS) is 20.8. The van der Waals surface area contributed by atoms with Crippen molar-refractivity contribution in [1.29, 1.82) is 0 Å². The second kappa shape index (κ2) is 4.77.